The average molecular weight is 390 g/mol. The molecule has 0 fully saturated rings. The van der Waals surface area contributed by atoms with Crippen molar-refractivity contribution in [2.45, 2.75) is 38.3 Å². The van der Waals surface area contributed by atoms with Gasteiger partial charge in [0.2, 0.25) is 5.91 Å². The van der Waals surface area contributed by atoms with Crippen LogP contribution >= 0.6 is 0 Å². The highest BCUT2D eigenvalue weighted by Gasteiger charge is 2.25. The molecule has 1 aromatic heterocycles. The summed E-state index contributed by atoms with van der Waals surface area (Å²) in [6.07, 6.45) is 4.90. The summed E-state index contributed by atoms with van der Waals surface area (Å²) in [7, 11) is 0. The smallest absolute Gasteiger partial charge is 0.269 e. The maximum atomic E-state index is 12.5. The lowest BCUT2D eigenvalue weighted by atomic mass is 9.92. The van der Waals surface area contributed by atoms with Crippen molar-refractivity contribution in [1.29, 1.82) is 0 Å². The maximum Gasteiger partial charge on any atom is 0.269 e. The fourth-order valence-corrected chi connectivity index (χ4v) is 3.83. The highest BCUT2D eigenvalue weighted by Crippen LogP contribution is 2.30. The summed E-state index contributed by atoms with van der Waals surface area (Å²) in [6.45, 7) is 0.722. The van der Waals surface area contributed by atoms with E-state index in [-0.39, 0.29) is 24.1 Å². The van der Waals surface area contributed by atoms with E-state index in [1.165, 1.54) is 23.4 Å². The van der Waals surface area contributed by atoms with Gasteiger partial charge in [-0.2, -0.15) is 5.10 Å². The second kappa shape index (κ2) is 8.26. The maximum absolute atomic E-state index is 12.5. The van der Waals surface area contributed by atoms with Crippen molar-refractivity contribution in [1.82, 2.24) is 15.1 Å². The molecule has 4 rings (SSSR count). The van der Waals surface area contributed by atoms with E-state index < -0.39 is 4.92 Å². The first kappa shape index (κ1) is 18.9. The molecule has 0 bridgehead atoms. The fraction of sp³-hybridized carbons (Fsp3) is 0.273. The van der Waals surface area contributed by atoms with Crippen molar-refractivity contribution in [3.8, 4) is 0 Å². The molecule has 1 amide bonds. The van der Waals surface area contributed by atoms with E-state index in [0.29, 0.717) is 0 Å². The molecule has 3 aromatic rings. The van der Waals surface area contributed by atoms with Crippen LogP contribution in [0.4, 0.5) is 5.69 Å². The molecule has 2 aromatic carbocycles. The Kier molecular flexibility index (Phi) is 5.37. The number of nitro groups is 1. The van der Waals surface area contributed by atoms with Crippen LogP contribution in [-0.4, -0.2) is 20.6 Å². The fourth-order valence-electron chi connectivity index (χ4n) is 3.83. The molecule has 1 aliphatic carbocycles. The summed E-state index contributed by atoms with van der Waals surface area (Å²) in [5.41, 5.74) is 4.24. The zero-order valence-corrected chi connectivity index (χ0v) is 16.0. The minimum absolute atomic E-state index is 0.0249. The number of fused-ring (bicyclic) bond motifs is 1. The first-order valence-corrected chi connectivity index (χ1v) is 9.71. The summed E-state index contributed by atoms with van der Waals surface area (Å²) in [4.78, 5) is 22.8. The summed E-state index contributed by atoms with van der Waals surface area (Å²) in [5.74, 6) is -0.0903. The van der Waals surface area contributed by atoms with Crippen molar-refractivity contribution in [3.05, 3.63) is 93.3 Å². The Bertz CT molecular complexity index is 1010. The van der Waals surface area contributed by atoms with Crippen LogP contribution in [0.25, 0.3) is 0 Å². The van der Waals surface area contributed by atoms with Gasteiger partial charge in [-0.3, -0.25) is 19.6 Å². The molecule has 0 saturated carbocycles. The number of carbonyl (C=O) groups excluding carboxylic acids is 1. The lowest BCUT2D eigenvalue weighted by molar-refractivity contribution is -0.384. The van der Waals surface area contributed by atoms with Gasteiger partial charge in [0.25, 0.3) is 5.69 Å². The third kappa shape index (κ3) is 4.34. The van der Waals surface area contributed by atoms with Crippen LogP contribution < -0.4 is 5.32 Å². The second-order valence-electron chi connectivity index (χ2n) is 7.30. The molecule has 0 unspecified atom stereocenters. The number of amides is 1. The minimum Gasteiger partial charge on any atom is -0.349 e. The summed E-state index contributed by atoms with van der Waals surface area (Å²) in [5, 5.41) is 18.4. The van der Waals surface area contributed by atoms with Crippen LogP contribution in [0.5, 0.6) is 0 Å². The van der Waals surface area contributed by atoms with Crippen LogP contribution in [-0.2, 0) is 24.2 Å². The highest BCUT2D eigenvalue weighted by atomic mass is 16.6. The van der Waals surface area contributed by atoms with Gasteiger partial charge in [-0.15, -0.1) is 0 Å². The molecule has 7 nitrogen and oxygen atoms in total. The van der Waals surface area contributed by atoms with Crippen molar-refractivity contribution < 1.29 is 9.72 Å². The third-order valence-corrected chi connectivity index (χ3v) is 5.29. The number of benzene rings is 2. The number of carbonyl (C=O) groups is 1. The second-order valence-corrected chi connectivity index (χ2v) is 7.30. The molecule has 1 atom stereocenters. The van der Waals surface area contributed by atoms with Gasteiger partial charge in [0, 0.05) is 23.4 Å². The number of rotatable bonds is 6. The number of nitrogens with zero attached hydrogens (tertiary/aromatic N) is 3. The van der Waals surface area contributed by atoms with Gasteiger partial charge in [-0.05, 0) is 30.4 Å². The zero-order valence-electron chi connectivity index (χ0n) is 16.0. The van der Waals surface area contributed by atoms with Gasteiger partial charge < -0.3 is 5.32 Å². The quantitative estimate of drug-likeness (QED) is 0.515. The SMILES string of the molecule is O=C(Cc1ccc([N+](=O)[O-])cc1)N[C@H]1CCCc2c1cnn2Cc1ccccc1. The number of non-ortho nitro benzene ring substituents is 1. The average Bonchev–Trinajstić information content (AvgIpc) is 3.13. The third-order valence-electron chi connectivity index (χ3n) is 5.29. The molecule has 7 heteroatoms. The zero-order chi connectivity index (χ0) is 20.2. The Morgan fingerprint density at radius 2 is 1.90 bits per heavy atom. The van der Waals surface area contributed by atoms with Crippen molar-refractivity contribution >= 4 is 11.6 Å². The largest absolute Gasteiger partial charge is 0.349 e. The Morgan fingerprint density at radius 3 is 2.62 bits per heavy atom. The molecule has 1 heterocycles. The number of hydrogen-bond donors (Lipinski definition) is 1. The predicted molar refractivity (Wildman–Crippen MR) is 108 cm³/mol. The van der Waals surface area contributed by atoms with Gasteiger partial charge >= 0.3 is 0 Å². The first-order chi connectivity index (χ1) is 14.1. The van der Waals surface area contributed by atoms with E-state index in [0.717, 1.165) is 36.9 Å². The predicted octanol–water partition coefficient (Wildman–Crippen LogP) is 3.58. The number of hydrogen-bond acceptors (Lipinski definition) is 4. The summed E-state index contributed by atoms with van der Waals surface area (Å²) < 4.78 is 2.03. The molecule has 1 aliphatic rings. The molecule has 0 radical (unpaired) electrons. The van der Waals surface area contributed by atoms with Gasteiger partial charge in [-0.1, -0.05) is 42.5 Å². The Labute approximate surface area is 168 Å². The molecular formula is C22H22N4O3. The van der Waals surface area contributed by atoms with Crippen molar-refractivity contribution in [2.75, 3.05) is 0 Å². The molecule has 0 saturated heterocycles. The highest BCUT2D eigenvalue weighted by molar-refractivity contribution is 5.79. The summed E-state index contributed by atoms with van der Waals surface area (Å²) in [6, 6.07) is 16.3. The molecule has 148 valence electrons. The lowest BCUT2D eigenvalue weighted by Crippen LogP contribution is -2.32. The topological polar surface area (TPSA) is 90.1 Å². The minimum atomic E-state index is -0.444. The van der Waals surface area contributed by atoms with E-state index in [2.05, 4.69) is 22.5 Å². The van der Waals surface area contributed by atoms with Gasteiger partial charge in [0.05, 0.1) is 30.1 Å². The van der Waals surface area contributed by atoms with Gasteiger partial charge in [0.15, 0.2) is 0 Å². The van der Waals surface area contributed by atoms with E-state index in [9.17, 15) is 14.9 Å². The van der Waals surface area contributed by atoms with E-state index in [4.69, 9.17) is 0 Å². The Morgan fingerprint density at radius 1 is 1.14 bits per heavy atom. The van der Waals surface area contributed by atoms with Crippen LogP contribution in [0.15, 0.2) is 60.8 Å². The van der Waals surface area contributed by atoms with Crippen LogP contribution in [0, 0.1) is 10.1 Å². The number of aromatic nitrogens is 2. The molecule has 0 aliphatic heterocycles. The van der Waals surface area contributed by atoms with Crippen molar-refractivity contribution in [2.24, 2.45) is 0 Å². The van der Waals surface area contributed by atoms with Crippen LogP contribution in [0.3, 0.4) is 0 Å². The molecule has 29 heavy (non-hydrogen) atoms. The van der Waals surface area contributed by atoms with E-state index >= 15 is 0 Å². The Balaban J connectivity index is 1.43. The standard InChI is InChI=1S/C22H22N4O3/c27-22(13-16-9-11-18(12-10-16)26(28)29)24-20-7-4-8-21-19(20)14-23-25(21)15-17-5-2-1-3-6-17/h1-3,5-6,9-12,14,20H,4,7-8,13,15H2,(H,24,27)/t20-/m0/s1. The lowest BCUT2D eigenvalue weighted by Gasteiger charge is -2.24. The van der Waals surface area contributed by atoms with Crippen LogP contribution in [0.2, 0.25) is 0 Å². The molecule has 1 N–H and O–H groups in total. The number of nitro benzene ring substituents is 1. The first-order valence-electron chi connectivity index (χ1n) is 9.71. The van der Waals surface area contributed by atoms with Gasteiger partial charge in [0.1, 0.15) is 0 Å². The summed E-state index contributed by atoms with van der Waals surface area (Å²) >= 11 is 0. The van der Waals surface area contributed by atoms with E-state index in [1.807, 2.05) is 29.1 Å². The Hall–Kier alpha value is -3.48. The molecular weight excluding hydrogens is 368 g/mol. The van der Waals surface area contributed by atoms with E-state index in [1.54, 1.807) is 12.1 Å². The number of nitrogens with one attached hydrogen (secondary N) is 1. The van der Waals surface area contributed by atoms with Gasteiger partial charge in [-0.25, -0.2) is 0 Å². The normalized spacial score (nSPS) is 15.5. The van der Waals surface area contributed by atoms with Crippen molar-refractivity contribution in [3.63, 3.8) is 0 Å². The van der Waals surface area contributed by atoms with Crippen LogP contribution in [0.1, 0.15) is 41.3 Å². The molecule has 0 spiro atoms. The monoisotopic (exact) mass is 390 g/mol.